The van der Waals surface area contributed by atoms with Crippen molar-refractivity contribution in [3.05, 3.63) is 29.8 Å². The monoisotopic (exact) mass is 249 g/mol. The summed E-state index contributed by atoms with van der Waals surface area (Å²) in [5.41, 5.74) is 2.00. The average molecular weight is 249 g/mol. The predicted molar refractivity (Wildman–Crippen MR) is 74.6 cm³/mol. The predicted octanol–water partition coefficient (Wildman–Crippen LogP) is 3.13. The molecule has 100 valence electrons. The molecule has 0 unspecified atom stereocenters. The number of hydrogen-bond acceptors (Lipinski definition) is 2. The zero-order valence-electron chi connectivity index (χ0n) is 11.1. The third-order valence-electron chi connectivity index (χ3n) is 2.84. The van der Waals surface area contributed by atoms with Gasteiger partial charge in [0.15, 0.2) is 0 Å². The molecular formula is C15H23NO2. The van der Waals surface area contributed by atoms with Crippen LogP contribution in [-0.2, 0) is 11.2 Å². The summed E-state index contributed by atoms with van der Waals surface area (Å²) >= 11 is 0. The molecule has 0 aliphatic rings. The minimum absolute atomic E-state index is 0.0859. The van der Waals surface area contributed by atoms with Crippen LogP contribution in [0.4, 0.5) is 5.69 Å². The molecule has 1 rings (SSSR count). The van der Waals surface area contributed by atoms with Gasteiger partial charge in [-0.05, 0) is 37.0 Å². The highest BCUT2D eigenvalue weighted by Gasteiger charge is 2.02. The number of amides is 1. The molecule has 18 heavy (non-hydrogen) atoms. The van der Waals surface area contributed by atoms with Gasteiger partial charge in [0.2, 0.25) is 5.91 Å². The van der Waals surface area contributed by atoms with Gasteiger partial charge in [0, 0.05) is 18.7 Å². The number of aliphatic hydroxyl groups excluding tert-OH is 1. The topological polar surface area (TPSA) is 49.3 Å². The Bertz CT molecular complexity index is 363. The van der Waals surface area contributed by atoms with Crippen LogP contribution in [0, 0.1) is 0 Å². The summed E-state index contributed by atoms with van der Waals surface area (Å²) in [7, 11) is 0. The molecule has 0 saturated heterocycles. The van der Waals surface area contributed by atoms with E-state index in [0.29, 0.717) is 6.42 Å². The molecule has 1 aromatic carbocycles. The highest BCUT2D eigenvalue weighted by molar-refractivity contribution is 5.90. The number of nitrogens with one attached hydrogen (secondary N) is 1. The third kappa shape index (κ3) is 5.82. The van der Waals surface area contributed by atoms with Gasteiger partial charge in [-0.15, -0.1) is 0 Å². The maximum atomic E-state index is 11.7. The second-order valence-electron chi connectivity index (χ2n) is 4.53. The molecule has 3 nitrogen and oxygen atoms in total. The van der Waals surface area contributed by atoms with E-state index in [0.717, 1.165) is 43.4 Å². The van der Waals surface area contributed by atoms with Crippen molar-refractivity contribution < 1.29 is 9.90 Å². The summed E-state index contributed by atoms with van der Waals surface area (Å²) in [6.45, 7) is 2.33. The Balaban J connectivity index is 2.43. The number of unbranched alkanes of at least 4 members (excludes halogenated alkanes) is 2. The van der Waals surface area contributed by atoms with Crippen molar-refractivity contribution in [2.24, 2.45) is 0 Å². The number of aryl methyl sites for hydroxylation is 1. The molecule has 2 N–H and O–H groups in total. The second-order valence-corrected chi connectivity index (χ2v) is 4.53. The van der Waals surface area contributed by atoms with Crippen LogP contribution >= 0.6 is 0 Å². The molecule has 1 amide bonds. The highest BCUT2D eigenvalue weighted by Crippen LogP contribution is 2.13. The molecule has 0 bridgehead atoms. The zero-order valence-corrected chi connectivity index (χ0v) is 11.1. The fraction of sp³-hybridized carbons (Fsp3) is 0.533. The second kappa shape index (κ2) is 8.70. The van der Waals surface area contributed by atoms with E-state index in [1.165, 1.54) is 0 Å². The molecule has 3 heteroatoms. The molecule has 0 aromatic heterocycles. The Morgan fingerprint density at radius 3 is 2.83 bits per heavy atom. The molecule has 0 saturated carbocycles. The van der Waals surface area contributed by atoms with Crippen molar-refractivity contribution in [3.8, 4) is 0 Å². The first kappa shape index (κ1) is 14.7. The van der Waals surface area contributed by atoms with E-state index in [-0.39, 0.29) is 12.5 Å². The minimum Gasteiger partial charge on any atom is -0.396 e. The van der Waals surface area contributed by atoms with Crippen molar-refractivity contribution in [2.75, 3.05) is 11.9 Å². The quantitative estimate of drug-likeness (QED) is 0.695. The van der Waals surface area contributed by atoms with Crippen LogP contribution in [0.2, 0.25) is 0 Å². The number of anilines is 1. The van der Waals surface area contributed by atoms with E-state index in [1.807, 2.05) is 24.3 Å². The number of carbonyl (C=O) groups excluding carboxylic acids is 1. The Hall–Kier alpha value is -1.35. The van der Waals surface area contributed by atoms with Crippen LogP contribution in [0.3, 0.4) is 0 Å². The molecule has 0 aliphatic heterocycles. The van der Waals surface area contributed by atoms with Gasteiger partial charge in [0.05, 0.1) is 0 Å². The van der Waals surface area contributed by atoms with E-state index in [9.17, 15) is 4.79 Å². The lowest BCUT2D eigenvalue weighted by Crippen LogP contribution is -2.11. The summed E-state index contributed by atoms with van der Waals surface area (Å²) in [5, 5.41) is 11.7. The summed E-state index contributed by atoms with van der Waals surface area (Å²) in [6.07, 6.45) is 5.37. The van der Waals surface area contributed by atoms with E-state index < -0.39 is 0 Å². The first-order valence-corrected chi connectivity index (χ1v) is 6.76. The number of benzene rings is 1. The van der Waals surface area contributed by atoms with E-state index in [1.54, 1.807) is 0 Å². The van der Waals surface area contributed by atoms with Gasteiger partial charge in [-0.25, -0.2) is 0 Å². The van der Waals surface area contributed by atoms with E-state index >= 15 is 0 Å². The van der Waals surface area contributed by atoms with Gasteiger partial charge >= 0.3 is 0 Å². The molecular weight excluding hydrogens is 226 g/mol. The van der Waals surface area contributed by atoms with E-state index in [2.05, 4.69) is 12.2 Å². The maximum Gasteiger partial charge on any atom is 0.224 e. The normalized spacial score (nSPS) is 10.3. The van der Waals surface area contributed by atoms with Gasteiger partial charge in [0.1, 0.15) is 0 Å². The number of carbonyl (C=O) groups is 1. The Labute approximate surface area is 109 Å². The van der Waals surface area contributed by atoms with Crippen LogP contribution in [0.25, 0.3) is 0 Å². The van der Waals surface area contributed by atoms with Crippen molar-refractivity contribution in [2.45, 2.75) is 45.4 Å². The Kier molecular flexibility index (Phi) is 7.11. The molecule has 0 fully saturated rings. The SMILES string of the molecule is CCCCCC(=O)Nc1cccc(CCCO)c1. The summed E-state index contributed by atoms with van der Waals surface area (Å²) in [6, 6.07) is 7.84. The maximum absolute atomic E-state index is 11.7. The van der Waals surface area contributed by atoms with Crippen LogP contribution in [0.1, 0.15) is 44.6 Å². The van der Waals surface area contributed by atoms with Gasteiger partial charge < -0.3 is 10.4 Å². The van der Waals surface area contributed by atoms with Crippen molar-refractivity contribution in [1.82, 2.24) is 0 Å². The minimum atomic E-state index is 0.0859. The number of rotatable bonds is 8. The highest BCUT2D eigenvalue weighted by atomic mass is 16.2. The average Bonchev–Trinajstić information content (AvgIpc) is 2.37. The van der Waals surface area contributed by atoms with E-state index in [4.69, 9.17) is 5.11 Å². The van der Waals surface area contributed by atoms with Gasteiger partial charge in [0.25, 0.3) is 0 Å². The van der Waals surface area contributed by atoms with Gasteiger partial charge in [-0.3, -0.25) is 4.79 Å². The smallest absolute Gasteiger partial charge is 0.224 e. The summed E-state index contributed by atoms with van der Waals surface area (Å²) in [5.74, 6) is 0.0859. The Morgan fingerprint density at radius 1 is 1.28 bits per heavy atom. The standard InChI is InChI=1S/C15H23NO2/c1-2-3-4-10-15(18)16-14-9-5-7-13(12-14)8-6-11-17/h5,7,9,12,17H,2-4,6,8,10-11H2,1H3,(H,16,18). The lowest BCUT2D eigenvalue weighted by molar-refractivity contribution is -0.116. The molecule has 0 spiro atoms. The largest absolute Gasteiger partial charge is 0.396 e. The van der Waals surface area contributed by atoms with Crippen molar-refractivity contribution in [1.29, 1.82) is 0 Å². The zero-order chi connectivity index (χ0) is 13.2. The van der Waals surface area contributed by atoms with Crippen LogP contribution < -0.4 is 5.32 Å². The van der Waals surface area contributed by atoms with Crippen LogP contribution in [0.15, 0.2) is 24.3 Å². The number of aliphatic hydroxyl groups is 1. The van der Waals surface area contributed by atoms with Crippen LogP contribution in [-0.4, -0.2) is 17.6 Å². The molecule has 0 atom stereocenters. The molecule has 0 heterocycles. The lowest BCUT2D eigenvalue weighted by atomic mass is 10.1. The fourth-order valence-electron chi connectivity index (χ4n) is 1.85. The Morgan fingerprint density at radius 2 is 2.11 bits per heavy atom. The number of hydrogen-bond donors (Lipinski definition) is 2. The first-order valence-electron chi connectivity index (χ1n) is 6.76. The molecule has 0 radical (unpaired) electrons. The molecule has 1 aromatic rings. The molecule has 0 aliphatic carbocycles. The summed E-state index contributed by atoms with van der Waals surface area (Å²) < 4.78 is 0. The lowest BCUT2D eigenvalue weighted by Gasteiger charge is -2.07. The van der Waals surface area contributed by atoms with Crippen LogP contribution in [0.5, 0.6) is 0 Å². The van der Waals surface area contributed by atoms with Gasteiger partial charge in [-0.1, -0.05) is 31.9 Å². The third-order valence-corrected chi connectivity index (χ3v) is 2.84. The summed E-state index contributed by atoms with van der Waals surface area (Å²) in [4.78, 5) is 11.7. The van der Waals surface area contributed by atoms with Crippen molar-refractivity contribution >= 4 is 11.6 Å². The van der Waals surface area contributed by atoms with Crippen molar-refractivity contribution in [3.63, 3.8) is 0 Å². The van der Waals surface area contributed by atoms with Gasteiger partial charge in [-0.2, -0.15) is 0 Å². The fourth-order valence-corrected chi connectivity index (χ4v) is 1.85. The first-order chi connectivity index (χ1) is 8.76.